The second-order valence-electron chi connectivity index (χ2n) is 6.49. The second-order valence-corrected chi connectivity index (χ2v) is 6.49. The second kappa shape index (κ2) is 6.04. The summed E-state index contributed by atoms with van der Waals surface area (Å²) in [5.74, 6) is 0.445. The van der Waals surface area contributed by atoms with E-state index in [1.807, 2.05) is 72.8 Å². The van der Waals surface area contributed by atoms with E-state index < -0.39 is 0 Å². The van der Waals surface area contributed by atoms with Gasteiger partial charge in [-0.15, -0.1) is 0 Å². The predicted molar refractivity (Wildman–Crippen MR) is 95.1 cm³/mol. The van der Waals surface area contributed by atoms with Crippen molar-refractivity contribution in [2.45, 2.75) is 12.8 Å². The van der Waals surface area contributed by atoms with Crippen LogP contribution in [0.5, 0.6) is 0 Å². The lowest BCUT2D eigenvalue weighted by Gasteiger charge is -2.09. The van der Waals surface area contributed by atoms with Gasteiger partial charge in [0.1, 0.15) is 0 Å². The van der Waals surface area contributed by atoms with Gasteiger partial charge < -0.3 is 0 Å². The quantitative estimate of drug-likeness (QED) is 0.773. The Hall–Kier alpha value is -2.74. The fourth-order valence-corrected chi connectivity index (χ4v) is 3.82. The van der Waals surface area contributed by atoms with Crippen LogP contribution in [0.4, 0.5) is 0 Å². The van der Waals surface area contributed by atoms with Crippen LogP contribution in [0.25, 0.3) is 12.2 Å². The van der Waals surface area contributed by atoms with Crippen LogP contribution >= 0.6 is 0 Å². The van der Waals surface area contributed by atoms with Gasteiger partial charge in [0, 0.05) is 24.7 Å². The first-order chi connectivity index (χ1) is 11.7. The molecule has 2 atom stereocenters. The zero-order valence-electron chi connectivity index (χ0n) is 13.3. The number of hydrogen-bond acceptors (Lipinski definition) is 2. The van der Waals surface area contributed by atoms with Crippen molar-refractivity contribution in [2.75, 3.05) is 0 Å². The van der Waals surface area contributed by atoms with Crippen molar-refractivity contribution in [3.05, 3.63) is 82.9 Å². The molecule has 2 saturated carbocycles. The molecule has 0 aromatic heterocycles. The Morgan fingerprint density at radius 1 is 0.625 bits per heavy atom. The van der Waals surface area contributed by atoms with Gasteiger partial charge in [-0.1, -0.05) is 60.7 Å². The number of rotatable bonds is 2. The average Bonchev–Trinajstić information content (AvgIpc) is 3.06. The van der Waals surface area contributed by atoms with Crippen molar-refractivity contribution in [3.8, 4) is 0 Å². The molecule has 118 valence electrons. The third-order valence-corrected chi connectivity index (χ3v) is 4.98. The average molecular weight is 314 g/mol. The van der Waals surface area contributed by atoms with Gasteiger partial charge in [0.15, 0.2) is 11.6 Å². The third kappa shape index (κ3) is 2.65. The molecule has 24 heavy (non-hydrogen) atoms. The Kier molecular flexibility index (Phi) is 3.73. The molecule has 0 N–H and O–H groups in total. The Labute approximate surface area is 141 Å². The third-order valence-electron chi connectivity index (χ3n) is 4.98. The molecule has 2 heteroatoms. The summed E-state index contributed by atoms with van der Waals surface area (Å²) in [5.41, 5.74) is 3.68. The highest BCUT2D eigenvalue weighted by molar-refractivity contribution is 6.11. The Bertz CT molecular complexity index is 771. The lowest BCUT2D eigenvalue weighted by molar-refractivity contribution is -0.115. The fraction of sp³-hybridized carbons (Fsp3) is 0.182. The van der Waals surface area contributed by atoms with E-state index in [1.165, 1.54) is 0 Å². The molecule has 0 radical (unpaired) electrons. The first-order valence-corrected chi connectivity index (χ1v) is 8.32. The number of carbonyl (C=O) groups is 2. The highest BCUT2D eigenvalue weighted by Crippen LogP contribution is 2.48. The Morgan fingerprint density at radius 2 is 1.00 bits per heavy atom. The van der Waals surface area contributed by atoms with Crippen LogP contribution in [-0.4, -0.2) is 11.6 Å². The van der Waals surface area contributed by atoms with Crippen molar-refractivity contribution >= 4 is 23.7 Å². The normalized spacial score (nSPS) is 26.3. The first-order valence-electron chi connectivity index (χ1n) is 8.32. The molecule has 0 saturated heterocycles. The van der Waals surface area contributed by atoms with E-state index >= 15 is 0 Å². The Morgan fingerprint density at radius 3 is 1.38 bits per heavy atom. The first kappa shape index (κ1) is 14.8. The molecule has 0 bridgehead atoms. The van der Waals surface area contributed by atoms with E-state index in [-0.39, 0.29) is 23.4 Å². The minimum Gasteiger partial charge on any atom is -0.295 e. The van der Waals surface area contributed by atoms with Crippen LogP contribution in [0, 0.1) is 11.8 Å². The lowest BCUT2D eigenvalue weighted by Crippen LogP contribution is -2.03. The molecule has 2 aliphatic carbocycles. The van der Waals surface area contributed by atoms with Crippen LogP contribution in [0.3, 0.4) is 0 Å². The van der Waals surface area contributed by atoms with Crippen LogP contribution in [0.1, 0.15) is 24.0 Å². The summed E-state index contributed by atoms with van der Waals surface area (Å²) in [6.45, 7) is 0. The number of allylic oxidation sites excluding steroid dienone is 2. The minimum absolute atomic E-state index is 0.0418. The standard InChI is InChI=1S/C22H18O2/c23-21-14-18-17(19(21)11-15-7-3-1-4-8-15)13-22(24)20(18)12-16-9-5-2-6-10-16/h1-12,17-18H,13-14H2/b19-11-,20-12-/t17-,18-/m1/s1. The van der Waals surface area contributed by atoms with Gasteiger partial charge in [0.25, 0.3) is 0 Å². The van der Waals surface area contributed by atoms with Gasteiger partial charge >= 0.3 is 0 Å². The maximum absolute atomic E-state index is 12.5. The molecule has 2 fully saturated rings. The molecule has 2 aliphatic rings. The van der Waals surface area contributed by atoms with Crippen LogP contribution in [0.2, 0.25) is 0 Å². The number of carbonyl (C=O) groups excluding carboxylic acids is 2. The summed E-state index contributed by atoms with van der Waals surface area (Å²) in [4.78, 5) is 25.0. The van der Waals surface area contributed by atoms with Crippen LogP contribution in [-0.2, 0) is 9.59 Å². The molecule has 0 aliphatic heterocycles. The summed E-state index contributed by atoms with van der Waals surface area (Å²) in [7, 11) is 0. The van der Waals surface area contributed by atoms with Gasteiger partial charge in [0.05, 0.1) is 0 Å². The molecule has 4 rings (SSSR count). The van der Waals surface area contributed by atoms with Crippen molar-refractivity contribution < 1.29 is 9.59 Å². The lowest BCUT2D eigenvalue weighted by atomic mass is 9.93. The summed E-state index contributed by atoms with van der Waals surface area (Å²) < 4.78 is 0. The molecule has 0 unspecified atom stereocenters. The van der Waals surface area contributed by atoms with E-state index in [1.54, 1.807) is 0 Å². The summed E-state index contributed by atoms with van der Waals surface area (Å²) in [6.07, 6.45) is 4.83. The van der Waals surface area contributed by atoms with E-state index in [9.17, 15) is 9.59 Å². The van der Waals surface area contributed by atoms with Gasteiger partial charge in [-0.05, 0) is 34.4 Å². The largest absolute Gasteiger partial charge is 0.295 e. The van der Waals surface area contributed by atoms with Crippen molar-refractivity contribution in [3.63, 3.8) is 0 Å². The SMILES string of the molecule is O=C1C[C@H]2/C(=C/c3ccccc3)C(=O)C[C@H]2/C1=C/c1ccccc1. The molecular weight excluding hydrogens is 296 g/mol. The van der Waals surface area contributed by atoms with E-state index in [0.29, 0.717) is 12.8 Å². The minimum atomic E-state index is 0.0418. The summed E-state index contributed by atoms with van der Waals surface area (Å²) >= 11 is 0. The molecule has 2 nitrogen and oxygen atoms in total. The molecule has 2 aromatic rings. The number of benzene rings is 2. The number of ketones is 2. The van der Waals surface area contributed by atoms with E-state index in [0.717, 1.165) is 22.3 Å². The van der Waals surface area contributed by atoms with Gasteiger partial charge in [0.2, 0.25) is 0 Å². The Balaban J connectivity index is 1.69. The zero-order valence-corrected chi connectivity index (χ0v) is 13.3. The van der Waals surface area contributed by atoms with Gasteiger partial charge in [-0.25, -0.2) is 0 Å². The smallest absolute Gasteiger partial charge is 0.159 e. The molecule has 0 heterocycles. The van der Waals surface area contributed by atoms with Crippen LogP contribution in [0.15, 0.2) is 71.8 Å². The van der Waals surface area contributed by atoms with Crippen molar-refractivity contribution in [1.82, 2.24) is 0 Å². The number of fused-ring (bicyclic) bond motifs is 1. The summed E-state index contributed by atoms with van der Waals surface area (Å²) in [6, 6.07) is 19.7. The number of hydrogen-bond donors (Lipinski definition) is 0. The highest BCUT2D eigenvalue weighted by atomic mass is 16.1. The zero-order chi connectivity index (χ0) is 16.5. The van der Waals surface area contributed by atoms with E-state index in [4.69, 9.17) is 0 Å². The molecule has 2 aromatic carbocycles. The number of Topliss-reactive ketones (excluding diaryl/α,β-unsaturated/α-hetero) is 2. The van der Waals surface area contributed by atoms with Crippen molar-refractivity contribution in [2.24, 2.45) is 11.8 Å². The highest BCUT2D eigenvalue weighted by Gasteiger charge is 2.47. The topological polar surface area (TPSA) is 34.1 Å². The van der Waals surface area contributed by atoms with Gasteiger partial charge in [-0.2, -0.15) is 0 Å². The van der Waals surface area contributed by atoms with E-state index in [2.05, 4.69) is 0 Å². The predicted octanol–water partition coefficient (Wildman–Crippen LogP) is 4.33. The molecule has 0 amide bonds. The maximum atomic E-state index is 12.5. The summed E-state index contributed by atoms with van der Waals surface area (Å²) in [5, 5.41) is 0. The fourth-order valence-electron chi connectivity index (χ4n) is 3.82. The monoisotopic (exact) mass is 314 g/mol. The van der Waals surface area contributed by atoms with Gasteiger partial charge in [-0.3, -0.25) is 9.59 Å². The maximum Gasteiger partial charge on any atom is 0.159 e. The van der Waals surface area contributed by atoms with Crippen LogP contribution < -0.4 is 0 Å². The van der Waals surface area contributed by atoms with Crippen molar-refractivity contribution in [1.29, 1.82) is 0 Å². The molecular formula is C22H18O2. The molecule has 0 spiro atoms.